The molecule has 0 aliphatic carbocycles. The molecule has 2 aliphatic heterocycles. The maximum Gasteiger partial charge on any atom is 0.260 e. The molecular weight excluding hydrogens is 340 g/mol. The first-order chi connectivity index (χ1) is 10.9. The third kappa shape index (κ3) is 3.93. The molecule has 23 heavy (non-hydrogen) atoms. The van der Waals surface area contributed by atoms with Crippen LogP contribution in [0.15, 0.2) is 17.3 Å². The molecule has 2 aliphatic rings. The standard InChI is InChI=1S/C13H22N4O4S2/c18-22(19)9-2-12(3-10-22)11-16-5-7-17(8-6-16)23(20,21)13-1-4-14-15-13/h1,4,12H,2-3,5-11H2,(H,14,15). The summed E-state index contributed by atoms with van der Waals surface area (Å²) in [4.78, 5) is 2.24. The predicted octanol–water partition coefficient (Wildman–Crippen LogP) is -0.459. The van der Waals surface area contributed by atoms with E-state index in [0.717, 1.165) is 19.4 Å². The zero-order chi connectivity index (χ0) is 16.5. The Kier molecular flexibility index (Phi) is 4.77. The number of rotatable bonds is 4. The number of nitrogens with one attached hydrogen (secondary N) is 1. The number of aromatic amines is 1. The number of sulfonamides is 1. The Hall–Kier alpha value is -0.970. The minimum atomic E-state index is -3.48. The molecule has 0 bridgehead atoms. The van der Waals surface area contributed by atoms with Crippen LogP contribution < -0.4 is 0 Å². The lowest BCUT2D eigenvalue weighted by Crippen LogP contribution is -2.50. The Labute approximate surface area is 136 Å². The molecule has 0 saturated carbocycles. The molecule has 0 amide bonds. The van der Waals surface area contributed by atoms with Crippen LogP contribution in [0.5, 0.6) is 0 Å². The van der Waals surface area contributed by atoms with Gasteiger partial charge in [0.2, 0.25) is 0 Å². The van der Waals surface area contributed by atoms with Gasteiger partial charge in [-0.3, -0.25) is 5.10 Å². The van der Waals surface area contributed by atoms with Crippen LogP contribution in [0.25, 0.3) is 0 Å². The second-order valence-electron chi connectivity index (χ2n) is 6.22. The Morgan fingerprint density at radius 1 is 1.17 bits per heavy atom. The summed E-state index contributed by atoms with van der Waals surface area (Å²) in [6, 6.07) is 1.46. The van der Waals surface area contributed by atoms with Gasteiger partial charge in [-0.2, -0.15) is 9.40 Å². The van der Waals surface area contributed by atoms with Crippen molar-refractivity contribution in [3.8, 4) is 0 Å². The molecule has 3 rings (SSSR count). The fourth-order valence-corrected chi connectivity index (χ4v) is 6.08. The third-order valence-corrected chi connectivity index (χ3v) is 8.16. The molecule has 3 heterocycles. The smallest absolute Gasteiger partial charge is 0.260 e. The molecule has 8 nitrogen and oxygen atoms in total. The van der Waals surface area contributed by atoms with E-state index in [1.807, 2.05) is 0 Å². The van der Waals surface area contributed by atoms with Gasteiger partial charge in [0.1, 0.15) is 9.84 Å². The van der Waals surface area contributed by atoms with Gasteiger partial charge in [0.25, 0.3) is 10.0 Å². The second-order valence-corrected chi connectivity index (χ2v) is 10.4. The molecular formula is C13H22N4O4S2. The van der Waals surface area contributed by atoms with E-state index in [9.17, 15) is 16.8 Å². The molecule has 1 aromatic rings. The lowest BCUT2D eigenvalue weighted by molar-refractivity contribution is 0.160. The minimum Gasteiger partial charge on any atom is -0.300 e. The first kappa shape index (κ1) is 16.9. The third-order valence-electron chi connectivity index (χ3n) is 4.61. The summed E-state index contributed by atoms with van der Waals surface area (Å²) in [5, 5.41) is 6.33. The highest BCUT2D eigenvalue weighted by molar-refractivity contribution is 7.91. The van der Waals surface area contributed by atoms with Gasteiger partial charge < -0.3 is 4.90 Å². The van der Waals surface area contributed by atoms with Crippen molar-refractivity contribution < 1.29 is 16.8 Å². The lowest BCUT2D eigenvalue weighted by atomic mass is 10.0. The van der Waals surface area contributed by atoms with Crippen LogP contribution in [0.2, 0.25) is 0 Å². The Bertz CT molecular complexity index is 708. The highest BCUT2D eigenvalue weighted by Crippen LogP contribution is 2.21. The average Bonchev–Trinajstić information content (AvgIpc) is 3.05. The second kappa shape index (κ2) is 6.50. The summed E-state index contributed by atoms with van der Waals surface area (Å²) < 4.78 is 49.2. The van der Waals surface area contributed by atoms with Crippen LogP contribution >= 0.6 is 0 Å². The highest BCUT2D eigenvalue weighted by Gasteiger charge is 2.31. The SMILES string of the molecule is O=S1(=O)CCC(CN2CCN(S(=O)(=O)c3ccn[nH]3)CC2)CC1. The van der Waals surface area contributed by atoms with Crippen LogP contribution in [0.3, 0.4) is 0 Å². The summed E-state index contributed by atoms with van der Waals surface area (Å²) in [6.07, 6.45) is 2.87. The topological polar surface area (TPSA) is 103 Å². The monoisotopic (exact) mass is 362 g/mol. The van der Waals surface area contributed by atoms with E-state index >= 15 is 0 Å². The van der Waals surface area contributed by atoms with E-state index in [1.54, 1.807) is 0 Å². The number of aromatic nitrogens is 2. The highest BCUT2D eigenvalue weighted by atomic mass is 32.2. The zero-order valence-electron chi connectivity index (χ0n) is 12.9. The molecule has 2 fully saturated rings. The first-order valence-corrected chi connectivity index (χ1v) is 11.1. The summed E-state index contributed by atoms with van der Waals surface area (Å²) in [7, 11) is -6.31. The van der Waals surface area contributed by atoms with Crippen LogP contribution in [-0.2, 0) is 19.9 Å². The zero-order valence-corrected chi connectivity index (χ0v) is 14.5. The molecule has 1 N–H and O–H groups in total. The molecule has 10 heteroatoms. The van der Waals surface area contributed by atoms with Crippen LogP contribution in [-0.4, -0.2) is 80.5 Å². The maximum absolute atomic E-state index is 12.4. The molecule has 130 valence electrons. The normalized spacial score (nSPS) is 24.7. The molecule has 0 aromatic carbocycles. The Morgan fingerprint density at radius 3 is 2.39 bits per heavy atom. The Morgan fingerprint density at radius 2 is 1.83 bits per heavy atom. The van der Waals surface area contributed by atoms with Gasteiger partial charge in [-0.1, -0.05) is 0 Å². The van der Waals surface area contributed by atoms with Crippen LogP contribution in [0.1, 0.15) is 12.8 Å². The number of H-pyrrole nitrogens is 1. The number of sulfone groups is 1. The van der Waals surface area contributed by atoms with Gasteiger partial charge in [0.15, 0.2) is 5.03 Å². The van der Waals surface area contributed by atoms with Crippen molar-refractivity contribution in [2.45, 2.75) is 17.9 Å². The van der Waals surface area contributed by atoms with Gasteiger partial charge >= 0.3 is 0 Å². The molecule has 0 atom stereocenters. The van der Waals surface area contributed by atoms with Crippen molar-refractivity contribution in [2.75, 3.05) is 44.2 Å². The summed E-state index contributed by atoms with van der Waals surface area (Å²) in [5.74, 6) is 0.965. The number of hydrogen-bond acceptors (Lipinski definition) is 6. The van der Waals surface area contributed by atoms with Crippen molar-refractivity contribution in [3.05, 3.63) is 12.3 Å². The van der Waals surface area contributed by atoms with E-state index in [2.05, 4.69) is 15.1 Å². The summed E-state index contributed by atoms with van der Waals surface area (Å²) in [6.45, 7) is 3.11. The maximum atomic E-state index is 12.4. The van der Waals surface area contributed by atoms with Gasteiger partial charge in [0.05, 0.1) is 17.7 Å². The van der Waals surface area contributed by atoms with E-state index in [-0.39, 0.29) is 16.5 Å². The largest absolute Gasteiger partial charge is 0.300 e. The Balaban J connectivity index is 1.51. The molecule has 1 aromatic heterocycles. The van der Waals surface area contributed by atoms with Gasteiger partial charge in [-0.25, -0.2) is 16.8 Å². The van der Waals surface area contributed by atoms with Crippen molar-refractivity contribution in [3.63, 3.8) is 0 Å². The predicted molar refractivity (Wildman–Crippen MR) is 85.2 cm³/mol. The van der Waals surface area contributed by atoms with E-state index in [1.165, 1.54) is 16.6 Å². The fraction of sp³-hybridized carbons (Fsp3) is 0.769. The lowest BCUT2D eigenvalue weighted by Gasteiger charge is -2.36. The van der Waals surface area contributed by atoms with Crippen molar-refractivity contribution >= 4 is 19.9 Å². The average molecular weight is 362 g/mol. The summed E-state index contributed by atoms with van der Waals surface area (Å²) in [5.41, 5.74) is 0. The van der Waals surface area contributed by atoms with E-state index < -0.39 is 19.9 Å². The van der Waals surface area contributed by atoms with Crippen molar-refractivity contribution in [1.82, 2.24) is 19.4 Å². The van der Waals surface area contributed by atoms with Gasteiger partial charge in [-0.15, -0.1) is 0 Å². The summed E-state index contributed by atoms with van der Waals surface area (Å²) >= 11 is 0. The van der Waals surface area contributed by atoms with Gasteiger partial charge in [-0.05, 0) is 24.8 Å². The molecule has 0 spiro atoms. The van der Waals surface area contributed by atoms with Crippen molar-refractivity contribution in [1.29, 1.82) is 0 Å². The quantitative estimate of drug-likeness (QED) is 0.777. The number of hydrogen-bond donors (Lipinski definition) is 1. The number of piperazine rings is 1. The first-order valence-electron chi connectivity index (χ1n) is 7.79. The van der Waals surface area contributed by atoms with Crippen molar-refractivity contribution in [2.24, 2.45) is 5.92 Å². The van der Waals surface area contributed by atoms with E-state index in [0.29, 0.717) is 32.1 Å². The van der Waals surface area contributed by atoms with Crippen LogP contribution in [0, 0.1) is 5.92 Å². The number of nitrogens with zero attached hydrogens (tertiary/aromatic N) is 3. The fourth-order valence-electron chi connectivity index (χ4n) is 3.16. The minimum absolute atomic E-state index is 0.128. The molecule has 0 radical (unpaired) electrons. The van der Waals surface area contributed by atoms with Crippen LogP contribution in [0.4, 0.5) is 0 Å². The van der Waals surface area contributed by atoms with Gasteiger partial charge in [0, 0.05) is 32.7 Å². The molecule has 0 unspecified atom stereocenters. The van der Waals surface area contributed by atoms with E-state index in [4.69, 9.17) is 0 Å². The molecule has 2 saturated heterocycles.